The first-order valence-corrected chi connectivity index (χ1v) is 11.3. The summed E-state index contributed by atoms with van der Waals surface area (Å²) in [6.45, 7) is 14.9. The monoisotopic (exact) mass is 414 g/mol. The Kier molecular flexibility index (Phi) is 8.51. The Balaban J connectivity index is 1.57. The van der Waals surface area contributed by atoms with Gasteiger partial charge in [0, 0.05) is 51.0 Å². The summed E-state index contributed by atoms with van der Waals surface area (Å²) in [6.07, 6.45) is 6.19. The SMILES string of the molecule is CCNC(=NCC(CC(C)C)N1CCOCC1)NCCc1cn2cccc(C)c2n1. The summed E-state index contributed by atoms with van der Waals surface area (Å²) < 4.78 is 7.63. The molecular formula is C23H38N6O. The molecule has 2 aromatic heterocycles. The van der Waals surface area contributed by atoms with E-state index >= 15 is 0 Å². The molecule has 1 aliphatic heterocycles. The number of nitrogens with zero attached hydrogens (tertiary/aromatic N) is 4. The third kappa shape index (κ3) is 6.44. The van der Waals surface area contributed by atoms with E-state index in [1.165, 1.54) is 5.56 Å². The second kappa shape index (κ2) is 11.3. The summed E-state index contributed by atoms with van der Waals surface area (Å²) in [7, 11) is 0. The highest BCUT2D eigenvalue weighted by atomic mass is 16.5. The van der Waals surface area contributed by atoms with Gasteiger partial charge < -0.3 is 19.8 Å². The maximum atomic E-state index is 5.53. The minimum absolute atomic E-state index is 0.464. The predicted octanol–water partition coefficient (Wildman–Crippen LogP) is 2.49. The van der Waals surface area contributed by atoms with Gasteiger partial charge in [0.1, 0.15) is 5.65 Å². The van der Waals surface area contributed by atoms with E-state index in [-0.39, 0.29) is 0 Å². The van der Waals surface area contributed by atoms with Crippen molar-refractivity contribution in [3.8, 4) is 0 Å². The molecular weight excluding hydrogens is 376 g/mol. The molecule has 2 aromatic rings. The number of hydrogen-bond acceptors (Lipinski definition) is 4. The van der Waals surface area contributed by atoms with E-state index in [2.05, 4.69) is 72.2 Å². The molecule has 0 aromatic carbocycles. The summed E-state index contributed by atoms with van der Waals surface area (Å²) in [4.78, 5) is 12.2. The van der Waals surface area contributed by atoms with Crippen LogP contribution in [0.25, 0.3) is 5.65 Å². The van der Waals surface area contributed by atoms with Crippen LogP contribution in [-0.4, -0.2) is 72.2 Å². The van der Waals surface area contributed by atoms with E-state index in [0.29, 0.717) is 12.0 Å². The average Bonchev–Trinajstić information content (AvgIpc) is 3.16. The van der Waals surface area contributed by atoms with Crippen LogP contribution < -0.4 is 10.6 Å². The Morgan fingerprint density at radius 3 is 2.77 bits per heavy atom. The van der Waals surface area contributed by atoms with Gasteiger partial charge in [0.05, 0.1) is 25.5 Å². The lowest BCUT2D eigenvalue weighted by Gasteiger charge is -2.34. The van der Waals surface area contributed by atoms with Crippen LogP contribution in [0.2, 0.25) is 0 Å². The van der Waals surface area contributed by atoms with Crippen LogP contribution in [0.1, 0.15) is 38.4 Å². The van der Waals surface area contributed by atoms with Crippen molar-refractivity contribution in [1.29, 1.82) is 0 Å². The van der Waals surface area contributed by atoms with Crippen molar-refractivity contribution < 1.29 is 4.74 Å². The Morgan fingerprint density at radius 1 is 1.27 bits per heavy atom. The normalized spacial score (nSPS) is 16.9. The van der Waals surface area contributed by atoms with Crippen LogP contribution in [0, 0.1) is 12.8 Å². The summed E-state index contributed by atoms with van der Waals surface area (Å²) in [5, 5.41) is 6.87. The first kappa shape index (κ1) is 22.6. The number of guanidine groups is 1. The van der Waals surface area contributed by atoms with Crippen LogP contribution in [0.4, 0.5) is 0 Å². The number of fused-ring (bicyclic) bond motifs is 1. The number of morpholine rings is 1. The molecule has 1 atom stereocenters. The number of hydrogen-bond donors (Lipinski definition) is 2. The van der Waals surface area contributed by atoms with Gasteiger partial charge in [-0.1, -0.05) is 19.9 Å². The van der Waals surface area contributed by atoms with Crippen LogP contribution >= 0.6 is 0 Å². The van der Waals surface area contributed by atoms with Gasteiger partial charge in [-0.25, -0.2) is 4.98 Å². The van der Waals surface area contributed by atoms with Crippen LogP contribution in [-0.2, 0) is 11.2 Å². The molecule has 0 aliphatic carbocycles. The Bertz CT molecular complexity index is 809. The van der Waals surface area contributed by atoms with Crippen molar-refractivity contribution in [3.05, 3.63) is 35.8 Å². The topological polar surface area (TPSA) is 66.2 Å². The first-order valence-electron chi connectivity index (χ1n) is 11.3. The molecule has 0 saturated carbocycles. The zero-order valence-electron chi connectivity index (χ0n) is 19.0. The summed E-state index contributed by atoms with van der Waals surface area (Å²) in [5.74, 6) is 1.54. The summed E-state index contributed by atoms with van der Waals surface area (Å²) in [5.41, 5.74) is 3.33. The smallest absolute Gasteiger partial charge is 0.191 e. The van der Waals surface area contributed by atoms with Crippen molar-refractivity contribution >= 4 is 11.6 Å². The van der Waals surface area contributed by atoms with Crippen molar-refractivity contribution in [2.24, 2.45) is 10.9 Å². The molecule has 30 heavy (non-hydrogen) atoms. The number of aromatic nitrogens is 2. The second-order valence-corrected chi connectivity index (χ2v) is 8.48. The molecule has 1 fully saturated rings. The van der Waals surface area contributed by atoms with Gasteiger partial charge in [0.25, 0.3) is 0 Å². The minimum atomic E-state index is 0.464. The molecule has 3 heterocycles. The van der Waals surface area contributed by atoms with Gasteiger partial charge in [-0.3, -0.25) is 9.89 Å². The molecule has 2 N–H and O–H groups in total. The van der Waals surface area contributed by atoms with E-state index < -0.39 is 0 Å². The molecule has 1 unspecified atom stereocenters. The zero-order chi connectivity index (χ0) is 21.3. The first-order chi connectivity index (χ1) is 14.6. The Labute approximate surface area is 180 Å². The molecule has 7 nitrogen and oxygen atoms in total. The van der Waals surface area contributed by atoms with Crippen molar-refractivity contribution in [1.82, 2.24) is 24.9 Å². The van der Waals surface area contributed by atoms with Gasteiger partial charge in [0.2, 0.25) is 0 Å². The summed E-state index contributed by atoms with van der Waals surface area (Å²) in [6, 6.07) is 4.62. The number of aliphatic imine (C=N–C) groups is 1. The predicted molar refractivity (Wildman–Crippen MR) is 123 cm³/mol. The molecule has 1 saturated heterocycles. The lowest BCUT2D eigenvalue weighted by Crippen LogP contribution is -2.46. The van der Waals surface area contributed by atoms with Gasteiger partial charge in [0.15, 0.2) is 5.96 Å². The third-order valence-corrected chi connectivity index (χ3v) is 5.51. The molecule has 0 amide bonds. The standard InChI is InChI=1S/C23H38N6O/c1-5-24-23(26-16-21(15-18(2)3)28-11-13-30-14-12-28)25-9-8-20-17-29-10-6-7-19(4)22(29)27-20/h6-7,10,17-18,21H,5,8-9,11-16H2,1-4H3,(H2,24,25,26). The van der Waals surface area contributed by atoms with Crippen LogP contribution in [0.3, 0.4) is 0 Å². The number of nitrogens with one attached hydrogen (secondary N) is 2. The molecule has 3 rings (SSSR count). The molecule has 0 bridgehead atoms. The third-order valence-electron chi connectivity index (χ3n) is 5.51. The van der Waals surface area contributed by atoms with E-state index in [1.807, 2.05) is 0 Å². The van der Waals surface area contributed by atoms with Crippen molar-refractivity contribution in [2.75, 3.05) is 45.9 Å². The van der Waals surface area contributed by atoms with Gasteiger partial charge in [-0.05, 0) is 37.8 Å². The van der Waals surface area contributed by atoms with E-state index in [1.54, 1.807) is 0 Å². The van der Waals surface area contributed by atoms with Crippen LogP contribution in [0.5, 0.6) is 0 Å². The van der Waals surface area contributed by atoms with Crippen molar-refractivity contribution in [2.45, 2.75) is 46.6 Å². The van der Waals surface area contributed by atoms with Crippen molar-refractivity contribution in [3.63, 3.8) is 0 Å². The molecule has 1 aliphatic rings. The minimum Gasteiger partial charge on any atom is -0.379 e. The number of aryl methyl sites for hydroxylation is 1. The van der Waals surface area contributed by atoms with Crippen LogP contribution in [0.15, 0.2) is 29.5 Å². The molecule has 0 radical (unpaired) electrons. The fourth-order valence-electron chi connectivity index (χ4n) is 4.00. The molecule has 7 heteroatoms. The lowest BCUT2D eigenvalue weighted by atomic mass is 10.0. The van der Waals surface area contributed by atoms with Gasteiger partial charge >= 0.3 is 0 Å². The fraction of sp³-hybridized carbons (Fsp3) is 0.652. The zero-order valence-corrected chi connectivity index (χ0v) is 19.0. The quantitative estimate of drug-likeness (QED) is 0.487. The van der Waals surface area contributed by atoms with E-state index in [4.69, 9.17) is 14.7 Å². The highest BCUT2D eigenvalue weighted by Gasteiger charge is 2.21. The molecule has 166 valence electrons. The highest BCUT2D eigenvalue weighted by Crippen LogP contribution is 2.14. The Morgan fingerprint density at radius 2 is 2.07 bits per heavy atom. The second-order valence-electron chi connectivity index (χ2n) is 8.48. The average molecular weight is 415 g/mol. The highest BCUT2D eigenvalue weighted by molar-refractivity contribution is 5.79. The summed E-state index contributed by atoms with van der Waals surface area (Å²) >= 11 is 0. The number of pyridine rings is 1. The molecule has 0 spiro atoms. The largest absolute Gasteiger partial charge is 0.379 e. The van der Waals surface area contributed by atoms with E-state index in [0.717, 1.165) is 76.1 Å². The maximum absolute atomic E-state index is 5.53. The lowest BCUT2D eigenvalue weighted by molar-refractivity contribution is 0.0143. The van der Waals surface area contributed by atoms with Gasteiger partial charge in [-0.2, -0.15) is 0 Å². The fourth-order valence-corrected chi connectivity index (χ4v) is 4.00. The number of rotatable bonds is 9. The van der Waals surface area contributed by atoms with E-state index in [9.17, 15) is 0 Å². The Hall–Kier alpha value is -2.12. The number of imidazole rings is 1. The van der Waals surface area contributed by atoms with Gasteiger partial charge in [-0.15, -0.1) is 0 Å². The number of ether oxygens (including phenoxy) is 1. The maximum Gasteiger partial charge on any atom is 0.191 e.